The highest BCUT2D eigenvalue weighted by atomic mass is 32.1. The number of amides is 1. The molecule has 3 rings (SSSR count). The van der Waals surface area contributed by atoms with Crippen molar-refractivity contribution in [3.05, 3.63) is 22.7 Å². The fourth-order valence-corrected chi connectivity index (χ4v) is 2.72. The van der Waals surface area contributed by atoms with Crippen molar-refractivity contribution < 1.29 is 14.6 Å². The summed E-state index contributed by atoms with van der Waals surface area (Å²) in [6, 6.07) is 1.72. The topological polar surface area (TPSA) is 130 Å². The Bertz CT molecular complexity index is 829. The van der Waals surface area contributed by atoms with Crippen LogP contribution in [0.4, 0.5) is 16.4 Å². The lowest BCUT2D eigenvalue weighted by molar-refractivity contribution is 0.203. The van der Waals surface area contributed by atoms with E-state index in [1.807, 2.05) is 0 Å². The van der Waals surface area contributed by atoms with E-state index in [1.54, 1.807) is 11.4 Å². The molecule has 3 heterocycles. The maximum atomic E-state index is 11.0. The van der Waals surface area contributed by atoms with Crippen LogP contribution in [-0.4, -0.2) is 38.2 Å². The van der Waals surface area contributed by atoms with Crippen molar-refractivity contribution in [2.45, 2.75) is 6.61 Å². The Balaban J connectivity index is 1.85. The zero-order valence-corrected chi connectivity index (χ0v) is 12.3. The molecule has 0 bridgehead atoms. The smallest absolute Gasteiger partial charge is 0.411 e. The number of ether oxygens (including phenoxy) is 1. The van der Waals surface area contributed by atoms with Crippen LogP contribution in [0.3, 0.4) is 0 Å². The normalized spacial score (nSPS) is 10.8. The fourth-order valence-electron chi connectivity index (χ4n) is 1.90. The Morgan fingerprint density at radius 1 is 1.55 bits per heavy atom. The molecule has 3 aromatic heterocycles. The van der Waals surface area contributed by atoms with Crippen molar-refractivity contribution in [1.82, 2.24) is 19.9 Å². The number of nitrogens with one attached hydrogen (secondary N) is 1. The number of hydrogen-bond donors (Lipinski definition) is 3. The van der Waals surface area contributed by atoms with Crippen molar-refractivity contribution in [1.29, 1.82) is 0 Å². The second-order valence-corrected chi connectivity index (χ2v) is 5.35. The first-order valence-corrected chi connectivity index (χ1v) is 7.06. The van der Waals surface area contributed by atoms with E-state index in [-0.39, 0.29) is 18.4 Å². The maximum absolute atomic E-state index is 11.0. The summed E-state index contributed by atoms with van der Waals surface area (Å²) in [5.41, 5.74) is 7.14. The quantitative estimate of drug-likeness (QED) is 0.666. The van der Waals surface area contributed by atoms with Gasteiger partial charge in [0.05, 0.1) is 16.9 Å². The largest absolute Gasteiger partial charge is 0.470 e. The molecule has 0 radical (unpaired) electrons. The second-order valence-electron chi connectivity index (χ2n) is 4.35. The third-order valence-corrected chi connectivity index (χ3v) is 3.86. The molecule has 9 nitrogen and oxygen atoms in total. The molecular weight excluding hydrogens is 308 g/mol. The molecule has 0 aromatic carbocycles. The van der Waals surface area contributed by atoms with Gasteiger partial charge < -0.3 is 20.6 Å². The van der Waals surface area contributed by atoms with Gasteiger partial charge in [-0.15, -0.1) is 11.3 Å². The summed E-state index contributed by atoms with van der Waals surface area (Å²) in [7, 11) is 1.47. The molecular formula is C12H12N6O3S. The zero-order chi connectivity index (χ0) is 15.7. The summed E-state index contributed by atoms with van der Waals surface area (Å²) in [5.74, 6) is 0.321. The van der Waals surface area contributed by atoms with Crippen LogP contribution in [0.1, 0.15) is 4.88 Å². The predicted molar refractivity (Wildman–Crippen MR) is 81.2 cm³/mol. The molecule has 0 atom stereocenters. The van der Waals surface area contributed by atoms with Crippen molar-refractivity contribution in [3.8, 4) is 5.88 Å². The van der Waals surface area contributed by atoms with E-state index >= 15 is 0 Å². The number of imidazole rings is 1. The number of aromatic nitrogens is 4. The molecule has 0 aliphatic rings. The molecule has 0 unspecified atom stereocenters. The highest BCUT2D eigenvalue weighted by molar-refractivity contribution is 7.10. The molecule has 0 spiro atoms. The Labute approximate surface area is 128 Å². The first kappa shape index (κ1) is 14.1. The van der Waals surface area contributed by atoms with Crippen LogP contribution in [-0.2, 0) is 6.61 Å². The fraction of sp³-hybridized carbons (Fsp3) is 0.167. The number of carbonyl (C=O) groups is 1. The van der Waals surface area contributed by atoms with Crippen LogP contribution in [0.15, 0.2) is 17.8 Å². The van der Waals surface area contributed by atoms with Crippen LogP contribution in [0.2, 0.25) is 0 Å². The van der Waals surface area contributed by atoms with E-state index < -0.39 is 6.09 Å². The van der Waals surface area contributed by atoms with Gasteiger partial charge in [0.25, 0.3) is 0 Å². The molecule has 0 saturated carbocycles. The number of carboxylic acid groups (broad SMARTS) is 1. The number of anilines is 2. The average Bonchev–Trinajstić information content (AvgIpc) is 3.12. The molecule has 0 aliphatic carbocycles. The van der Waals surface area contributed by atoms with Gasteiger partial charge in [-0.25, -0.2) is 9.78 Å². The summed E-state index contributed by atoms with van der Waals surface area (Å²) in [4.78, 5) is 27.9. The number of hydrogen-bond acceptors (Lipinski definition) is 7. The van der Waals surface area contributed by atoms with Gasteiger partial charge >= 0.3 is 6.09 Å². The van der Waals surface area contributed by atoms with Crippen molar-refractivity contribution >= 4 is 40.2 Å². The highest BCUT2D eigenvalue weighted by Gasteiger charge is 2.16. The first-order valence-electron chi connectivity index (χ1n) is 6.18. The van der Waals surface area contributed by atoms with E-state index in [0.29, 0.717) is 16.9 Å². The summed E-state index contributed by atoms with van der Waals surface area (Å²) >= 11 is 1.39. The second kappa shape index (κ2) is 5.48. The molecule has 3 aromatic rings. The summed E-state index contributed by atoms with van der Waals surface area (Å²) < 4.78 is 5.65. The molecule has 0 saturated heterocycles. The Kier molecular flexibility index (Phi) is 3.51. The number of nitrogens with two attached hydrogens (primary N) is 1. The summed E-state index contributed by atoms with van der Waals surface area (Å²) in [5, 5.41) is 10.8. The molecule has 1 amide bonds. The lowest BCUT2D eigenvalue weighted by Gasteiger charge is -2.14. The van der Waals surface area contributed by atoms with Crippen molar-refractivity contribution in [3.63, 3.8) is 0 Å². The summed E-state index contributed by atoms with van der Waals surface area (Å²) in [6.07, 6.45) is 0.432. The number of nitrogen functional groups attached to an aromatic ring is 1. The molecule has 22 heavy (non-hydrogen) atoms. The minimum Gasteiger partial charge on any atom is -0.470 e. The third kappa shape index (κ3) is 2.51. The lowest BCUT2D eigenvalue weighted by atomic mass is 10.4. The van der Waals surface area contributed by atoms with Crippen LogP contribution in [0.25, 0.3) is 11.2 Å². The number of aromatic amines is 1. The van der Waals surface area contributed by atoms with Gasteiger partial charge in [0.2, 0.25) is 11.8 Å². The number of nitrogens with zero attached hydrogens (tertiary/aromatic N) is 4. The van der Waals surface area contributed by atoms with Gasteiger partial charge in [-0.1, -0.05) is 0 Å². The van der Waals surface area contributed by atoms with E-state index in [4.69, 9.17) is 15.6 Å². The number of rotatable bonds is 4. The van der Waals surface area contributed by atoms with Gasteiger partial charge in [0.1, 0.15) is 6.61 Å². The van der Waals surface area contributed by atoms with E-state index in [1.165, 1.54) is 24.7 Å². The average molecular weight is 320 g/mol. The Hall–Kier alpha value is -2.88. The summed E-state index contributed by atoms with van der Waals surface area (Å²) in [6.45, 7) is 0.156. The minimum absolute atomic E-state index is 0.0702. The third-order valence-electron chi connectivity index (χ3n) is 2.97. The predicted octanol–water partition coefficient (Wildman–Crippen LogP) is 1.69. The van der Waals surface area contributed by atoms with Gasteiger partial charge in [-0.05, 0) is 11.4 Å². The van der Waals surface area contributed by atoms with Crippen LogP contribution >= 0.6 is 11.3 Å². The zero-order valence-electron chi connectivity index (χ0n) is 11.5. The van der Waals surface area contributed by atoms with E-state index in [0.717, 1.165) is 9.78 Å². The van der Waals surface area contributed by atoms with E-state index in [9.17, 15) is 4.79 Å². The Morgan fingerprint density at radius 2 is 2.36 bits per heavy atom. The highest BCUT2D eigenvalue weighted by Crippen LogP contribution is 2.28. The lowest BCUT2D eigenvalue weighted by Crippen LogP contribution is -2.24. The van der Waals surface area contributed by atoms with Gasteiger partial charge in [0, 0.05) is 7.05 Å². The monoisotopic (exact) mass is 320 g/mol. The van der Waals surface area contributed by atoms with Gasteiger partial charge in [0.15, 0.2) is 11.2 Å². The SMILES string of the molecule is CN(C(=O)O)c1ccsc1COc1nc(N)nc2[nH]cnc12. The van der Waals surface area contributed by atoms with Crippen LogP contribution in [0, 0.1) is 0 Å². The number of fused-ring (bicyclic) bond motifs is 1. The van der Waals surface area contributed by atoms with Crippen molar-refractivity contribution in [2.24, 2.45) is 0 Å². The Morgan fingerprint density at radius 3 is 3.14 bits per heavy atom. The number of thiophene rings is 1. The molecule has 10 heteroatoms. The molecule has 0 aliphatic heterocycles. The standard InChI is InChI=1S/C12H12N6O3S/c1-18(12(19)20)6-2-3-22-7(6)4-21-10-8-9(15-5-14-8)16-11(13)17-10/h2-3,5H,4H2,1H3,(H,19,20)(H3,13,14,15,16,17). The van der Waals surface area contributed by atoms with Crippen molar-refractivity contribution in [2.75, 3.05) is 17.7 Å². The van der Waals surface area contributed by atoms with E-state index in [2.05, 4.69) is 19.9 Å². The minimum atomic E-state index is -1.04. The molecule has 4 N–H and O–H groups in total. The molecule has 114 valence electrons. The van der Waals surface area contributed by atoms with Crippen LogP contribution < -0.4 is 15.4 Å². The van der Waals surface area contributed by atoms with Crippen LogP contribution in [0.5, 0.6) is 5.88 Å². The first-order chi connectivity index (χ1) is 10.6. The van der Waals surface area contributed by atoms with Gasteiger partial charge in [-0.3, -0.25) is 4.90 Å². The number of H-pyrrole nitrogens is 1. The molecule has 0 fully saturated rings. The van der Waals surface area contributed by atoms with Gasteiger partial charge in [-0.2, -0.15) is 9.97 Å². The maximum Gasteiger partial charge on any atom is 0.411 e.